The highest BCUT2D eigenvalue weighted by Gasteiger charge is 2.30. The minimum atomic E-state index is -4.46. The lowest BCUT2D eigenvalue weighted by atomic mass is 10.1. The van der Waals surface area contributed by atoms with E-state index in [1.165, 1.54) is 24.3 Å². The van der Waals surface area contributed by atoms with E-state index in [-0.39, 0.29) is 22.5 Å². The molecular formula is C20H11F6N3. The van der Waals surface area contributed by atoms with Gasteiger partial charge in [0.2, 0.25) is 0 Å². The molecule has 0 aliphatic heterocycles. The van der Waals surface area contributed by atoms with Crippen molar-refractivity contribution >= 4 is 22.4 Å². The van der Waals surface area contributed by atoms with E-state index >= 15 is 0 Å². The summed E-state index contributed by atoms with van der Waals surface area (Å²) in [5.74, 6) is -2.35. The van der Waals surface area contributed by atoms with E-state index in [0.717, 1.165) is 30.3 Å². The van der Waals surface area contributed by atoms with Crippen molar-refractivity contribution in [3.8, 4) is 11.4 Å². The van der Waals surface area contributed by atoms with Crippen LogP contribution in [-0.2, 0) is 6.18 Å². The monoisotopic (exact) mass is 407 g/mol. The maximum absolute atomic E-state index is 14.4. The number of imidazole rings is 1. The number of rotatable bonds is 3. The van der Waals surface area contributed by atoms with Crippen LogP contribution < -0.4 is 5.32 Å². The van der Waals surface area contributed by atoms with Crippen molar-refractivity contribution in [2.45, 2.75) is 6.18 Å². The van der Waals surface area contributed by atoms with Gasteiger partial charge < -0.3 is 10.3 Å². The van der Waals surface area contributed by atoms with Gasteiger partial charge in [0, 0.05) is 11.6 Å². The van der Waals surface area contributed by atoms with Crippen LogP contribution in [0.3, 0.4) is 0 Å². The number of fused-ring (bicyclic) bond motifs is 1. The van der Waals surface area contributed by atoms with Gasteiger partial charge in [0.1, 0.15) is 29.0 Å². The molecule has 1 aromatic heterocycles. The number of aromatic amines is 1. The lowest BCUT2D eigenvalue weighted by molar-refractivity contribution is -0.137. The summed E-state index contributed by atoms with van der Waals surface area (Å²) in [6.45, 7) is 0. The van der Waals surface area contributed by atoms with E-state index in [4.69, 9.17) is 0 Å². The fraction of sp³-hybridized carbons (Fsp3) is 0.0500. The lowest BCUT2D eigenvalue weighted by Gasteiger charge is -2.09. The van der Waals surface area contributed by atoms with E-state index < -0.39 is 34.9 Å². The summed E-state index contributed by atoms with van der Waals surface area (Å²) >= 11 is 0. The topological polar surface area (TPSA) is 40.7 Å². The second kappa shape index (κ2) is 6.84. The molecule has 148 valence electrons. The van der Waals surface area contributed by atoms with Crippen molar-refractivity contribution in [2.24, 2.45) is 0 Å². The summed E-state index contributed by atoms with van der Waals surface area (Å²) in [5.41, 5.74) is -0.611. The molecule has 29 heavy (non-hydrogen) atoms. The number of halogens is 6. The van der Waals surface area contributed by atoms with Gasteiger partial charge >= 0.3 is 6.18 Å². The number of hydrogen-bond donors (Lipinski definition) is 2. The first-order chi connectivity index (χ1) is 13.7. The van der Waals surface area contributed by atoms with Gasteiger partial charge in [0.05, 0.1) is 22.3 Å². The number of nitrogens with one attached hydrogen (secondary N) is 2. The molecule has 0 aliphatic rings. The number of hydrogen-bond acceptors (Lipinski definition) is 2. The predicted octanol–water partition coefficient (Wildman–Crippen LogP) is 6.41. The summed E-state index contributed by atoms with van der Waals surface area (Å²) in [4.78, 5) is 7.05. The molecule has 0 atom stereocenters. The van der Waals surface area contributed by atoms with Crippen LogP contribution in [0.25, 0.3) is 22.4 Å². The number of nitrogens with zero attached hydrogens (tertiary/aromatic N) is 1. The molecule has 0 radical (unpaired) electrons. The zero-order chi connectivity index (χ0) is 20.8. The molecule has 4 aromatic rings. The van der Waals surface area contributed by atoms with Crippen molar-refractivity contribution in [3.05, 3.63) is 77.6 Å². The molecule has 2 N–H and O–H groups in total. The molecule has 0 unspecified atom stereocenters. The fourth-order valence-electron chi connectivity index (χ4n) is 2.83. The van der Waals surface area contributed by atoms with Gasteiger partial charge in [0.15, 0.2) is 0 Å². The number of para-hydroxylation sites is 1. The molecule has 3 nitrogen and oxygen atoms in total. The molecule has 0 amide bonds. The highest BCUT2D eigenvalue weighted by atomic mass is 19.4. The number of H-pyrrole nitrogens is 1. The second-order valence-corrected chi connectivity index (χ2v) is 6.23. The van der Waals surface area contributed by atoms with Crippen molar-refractivity contribution in [3.63, 3.8) is 0 Å². The minimum Gasteiger partial charge on any atom is -0.348 e. The van der Waals surface area contributed by atoms with Crippen molar-refractivity contribution in [2.75, 3.05) is 5.32 Å². The summed E-state index contributed by atoms with van der Waals surface area (Å²) in [7, 11) is 0. The van der Waals surface area contributed by atoms with Gasteiger partial charge in [-0.1, -0.05) is 18.2 Å². The van der Waals surface area contributed by atoms with Crippen LogP contribution in [0.4, 0.5) is 37.7 Å². The zero-order valence-corrected chi connectivity index (χ0v) is 14.4. The molecule has 1 heterocycles. The molecule has 9 heteroatoms. The average Bonchev–Trinajstić information content (AvgIpc) is 3.07. The Morgan fingerprint density at radius 1 is 0.828 bits per heavy atom. The van der Waals surface area contributed by atoms with Crippen LogP contribution in [0.5, 0.6) is 0 Å². The van der Waals surface area contributed by atoms with E-state index in [1.807, 2.05) is 0 Å². The van der Waals surface area contributed by atoms with Crippen LogP contribution >= 0.6 is 0 Å². The number of alkyl halides is 3. The van der Waals surface area contributed by atoms with Crippen LogP contribution in [0, 0.1) is 17.5 Å². The average molecular weight is 407 g/mol. The first kappa shape index (κ1) is 18.9. The zero-order valence-electron chi connectivity index (χ0n) is 14.4. The Bertz CT molecular complexity index is 1180. The van der Waals surface area contributed by atoms with Crippen molar-refractivity contribution in [1.82, 2.24) is 9.97 Å². The third-order valence-electron chi connectivity index (χ3n) is 4.28. The van der Waals surface area contributed by atoms with Gasteiger partial charge in [-0.3, -0.25) is 0 Å². The quantitative estimate of drug-likeness (QED) is 0.385. The van der Waals surface area contributed by atoms with Crippen LogP contribution in [0.15, 0.2) is 54.6 Å². The number of aromatic nitrogens is 2. The summed E-state index contributed by atoms with van der Waals surface area (Å²) in [5, 5.41) is 2.37. The Labute approximate surface area is 160 Å². The van der Waals surface area contributed by atoms with Gasteiger partial charge in [-0.15, -0.1) is 0 Å². The normalized spacial score (nSPS) is 11.8. The largest absolute Gasteiger partial charge is 0.416 e. The van der Waals surface area contributed by atoms with Gasteiger partial charge in [-0.25, -0.2) is 18.2 Å². The molecule has 0 saturated carbocycles. The van der Waals surface area contributed by atoms with Crippen LogP contribution in [0.1, 0.15) is 5.56 Å². The number of benzene rings is 3. The van der Waals surface area contributed by atoms with E-state index in [0.29, 0.717) is 5.56 Å². The Morgan fingerprint density at radius 2 is 1.48 bits per heavy atom. The van der Waals surface area contributed by atoms with E-state index in [1.54, 1.807) is 0 Å². The predicted molar refractivity (Wildman–Crippen MR) is 96.1 cm³/mol. The summed E-state index contributed by atoms with van der Waals surface area (Å²) in [6, 6.07) is 9.87. The standard InChI is InChI=1S/C20H11F6N3/c21-12-2-1-3-13(22)18(12)27-15-9-17-16(8-14(15)23)28-19(29-17)10-4-6-11(7-5-10)20(24,25)26/h1-9,27H,(H,28,29). The molecule has 3 aromatic carbocycles. The Balaban J connectivity index is 1.70. The highest BCUT2D eigenvalue weighted by molar-refractivity contribution is 5.84. The lowest BCUT2D eigenvalue weighted by Crippen LogP contribution is -2.04. The molecule has 0 fully saturated rings. The van der Waals surface area contributed by atoms with Crippen molar-refractivity contribution < 1.29 is 26.3 Å². The fourth-order valence-corrected chi connectivity index (χ4v) is 2.83. The maximum Gasteiger partial charge on any atom is 0.416 e. The molecular weight excluding hydrogens is 396 g/mol. The van der Waals surface area contributed by atoms with Gasteiger partial charge in [0.25, 0.3) is 0 Å². The third kappa shape index (κ3) is 3.63. The minimum absolute atomic E-state index is 0.202. The van der Waals surface area contributed by atoms with Crippen LogP contribution in [-0.4, -0.2) is 9.97 Å². The van der Waals surface area contributed by atoms with E-state index in [2.05, 4.69) is 15.3 Å². The van der Waals surface area contributed by atoms with E-state index in [9.17, 15) is 26.3 Å². The second-order valence-electron chi connectivity index (χ2n) is 6.23. The number of anilines is 2. The first-order valence-electron chi connectivity index (χ1n) is 8.30. The molecule has 0 saturated heterocycles. The first-order valence-corrected chi connectivity index (χ1v) is 8.30. The summed E-state index contributed by atoms with van der Waals surface area (Å²) < 4.78 is 80.0. The maximum atomic E-state index is 14.4. The van der Waals surface area contributed by atoms with Gasteiger partial charge in [-0.05, 0) is 30.3 Å². The SMILES string of the molecule is Fc1cc2[nH]c(-c3ccc(C(F)(F)F)cc3)nc2cc1Nc1c(F)cccc1F. The van der Waals surface area contributed by atoms with Crippen molar-refractivity contribution in [1.29, 1.82) is 0 Å². The third-order valence-corrected chi connectivity index (χ3v) is 4.28. The molecule has 4 rings (SSSR count). The Hall–Kier alpha value is -3.49. The molecule has 0 spiro atoms. The summed E-state index contributed by atoms with van der Waals surface area (Å²) in [6.07, 6.45) is -4.46. The van der Waals surface area contributed by atoms with Crippen LogP contribution in [0.2, 0.25) is 0 Å². The molecule has 0 aliphatic carbocycles. The smallest absolute Gasteiger partial charge is 0.348 e. The molecule has 0 bridgehead atoms. The Morgan fingerprint density at radius 3 is 2.10 bits per heavy atom. The Kier molecular flexibility index (Phi) is 4.45. The van der Waals surface area contributed by atoms with Gasteiger partial charge in [-0.2, -0.15) is 13.2 Å². The highest BCUT2D eigenvalue weighted by Crippen LogP contribution is 2.32.